The number of nitrogens with zero attached hydrogens (tertiary/aromatic N) is 1. The highest BCUT2D eigenvalue weighted by molar-refractivity contribution is 5.34. The van der Waals surface area contributed by atoms with E-state index in [1.165, 1.54) is 0 Å². The molecule has 3 nitrogen and oxygen atoms in total. The molecule has 2 aromatic rings. The Morgan fingerprint density at radius 1 is 1.19 bits per heavy atom. The van der Waals surface area contributed by atoms with E-state index in [1.807, 2.05) is 30.3 Å². The summed E-state index contributed by atoms with van der Waals surface area (Å²) in [5, 5.41) is 10.1. The molecule has 82 valence electrons. The monoisotopic (exact) mass is 215 g/mol. The fourth-order valence-electron chi connectivity index (χ4n) is 1.54. The van der Waals surface area contributed by atoms with Gasteiger partial charge in [-0.25, -0.2) is 0 Å². The highest BCUT2D eigenvalue weighted by atomic mass is 16.5. The van der Waals surface area contributed by atoms with Crippen molar-refractivity contribution in [1.29, 1.82) is 0 Å². The predicted molar refractivity (Wildman–Crippen MR) is 61.3 cm³/mol. The van der Waals surface area contributed by atoms with Crippen LogP contribution in [0.4, 0.5) is 0 Å². The number of pyridine rings is 1. The third kappa shape index (κ3) is 2.20. The van der Waals surface area contributed by atoms with Crippen LogP contribution in [0, 0.1) is 0 Å². The van der Waals surface area contributed by atoms with Gasteiger partial charge in [0.1, 0.15) is 11.9 Å². The standard InChI is InChI=1S/C13H13NO2/c1-16-12-6-2-4-10(8-12)13(15)11-5-3-7-14-9-11/h2-9,13,15H,1H3. The molecule has 2 rings (SSSR count). The number of aliphatic hydroxyl groups is 1. The zero-order valence-electron chi connectivity index (χ0n) is 9.00. The first-order chi connectivity index (χ1) is 7.81. The van der Waals surface area contributed by atoms with E-state index in [4.69, 9.17) is 4.74 Å². The molecule has 0 bridgehead atoms. The highest BCUT2D eigenvalue weighted by Gasteiger charge is 2.10. The van der Waals surface area contributed by atoms with Crippen molar-refractivity contribution < 1.29 is 9.84 Å². The molecule has 0 fully saturated rings. The van der Waals surface area contributed by atoms with Gasteiger partial charge in [-0.15, -0.1) is 0 Å². The molecule has 0 saturated carbocycles. The van der Waals surface area contributed by atoms with E-state index >= 15 is 0 Å². The highest BCUT2D eigenvalue weighted by Crippen LogP contribution is 2.24. The summed E-state index contributed by atoms with van der Waals surface area (Å²) >= 11 is 0. The summed E-state index contributed by atoms with van der Waals surface area (Å²) < 4.78 is 5.11. The Bertz CT molecular complexity index is 456. The minimum Gasteiger partial charge on any atom is -0.497 e. The zero-order chi connectivity index (χ0) is 11.4. The van der Waals surface area contributed by atoms with E-state index in [0.717, 1.165) is 16.9 Å². The lowest BCUT2D eigenvalue weighted by atomic mass is 10.0. The van der Waals surface area contributed by atoms with Gasteiger partial charge in [0.2, 0.25) is 0 Å². The summed E-state index contributed by atoms with van der Waals surface area (Å²) in [4.78, 5) is 3.98. The molecule has 3 heteroatoms. The van der Waals surface area contributed by atoms with E-state index in [2.05, 4.69) is 4.98 Å². The summed E-state index contributed by atoms with van der Waals surface area (Å²) in [6.07, 6.45) is 2.68. The van der Waals surface area contributed by atoms with Crippen LogP contribution in [0.25, 0.3) is 0 Å². The van der Waals surface area contributed by atoms with Gasteiger partial charge in [0.15, 0.2) is 0 Å². The summed E-state index contributed by atoms with van der Waals surface area (Å²) in [6, 6.07) is 11.0. The van der Waals surface area contributed by atoms with Crippen LogP contribution in [0.5, 0.6) is 5.75 Å². The molecular formula is C13H13NO2. The van der Waals surface area contributed by atoms with Crippen LogP contribution >= 0.6 is 0 Å². The van der Waals surface area contributed by atoms with Gasteiger partial charge in [0.25, 0.3) is 0 Å². The fourth-order valence-corrected chi connectivity index (χ4v) is 1.54. The second-order valence-corrected chi connectivity index (χ2v) is 3.47. The van der Waals surface area contributed by atoms with Crippen LogP contribution in [0.15, 0.2) is 48.8 Å². The Morgan fingerprint density at radius 3 is 2.69 bits per heavy atom. The number of rotatable bonds is 3. The first-order valence-corrected chi connectivity index (χ1v) is 5.03. The second kappa shape index (κ2) is 4.77. The third-order valence-electron chi connectivity index (χ3n) is 2.41. The van der Waals surface area contributed by atoms with Crippen LogP contribution < -0.4 is 4.74 Å². The van der Waals surface area contributed by atoms with Crippen LogP contribution in [0.2, 0.25) is 0 Å². The van der Waals surface area contributed by atoms with Crippen LogP contribution in [-0.4, -0.2) is 17.2 Å². The number of aliphatic hydroxyl groups excluding tert-OH is 1. The predicted octanol–water partition coefficient (Wildman–Crippen LogP) is 2.17. The van der Waals surface area contributed by atoms with Crippen LogP contribution in [0.1, 0.15) is 17.2 Å². The van der Waals surface area contributed by atoms with Gasteiger partial charge >= 0.3 is 0 Å². The maximum absolute atomic E-state index is 10.1. The van der Waals surface area contributed by atoms with Crippen LogP contribution in [0.3, 0.4) is 0 Å². The molecule has 0 spiro atoms. The average Bonchev–Trinajstić information content (AvgIpc) is 2.39. The summed E-state index contributed by atoms with van der Waals surface area (Å²) in [5.74, 6) is 0.737. The quantitative estimate of drug-likeness (QED) is 0.853. The molecule has 1 heterocycles. The largest absolute Gasteiger partial charge is 0.497 e. The number of hydrogen-bond donors (Lipinski definition) is 1. The molecule has 1 atom stereocenters. The molecular weight excluding hydrogens is 202 g/mol. The van der Waals surface area contributed by atoms with Gasteiger partial charge < -0.3 is 9.84 Å². The molecule has 0 aliphatic rings. The van der Waals surface area contributed by atoms with Crippen molar-refractivity contribution in [2.45, 2.75) is 6.10 Å². The number of aromatic nitrogens is 1. The molecule has 0 aliphatic heterocycles. The van der Waals surface area contributed by atoms with Gasteiger partial charge in [-0.1, -0.05) is 18.2 Å². The molecule has 0 aliphatic carbocycles. The lowest BCUT2D eigenvalue weighted by molar-refractivity contribution is 0.219. The second-order valence-electron chi connectivity index (χ2n) is 3.47. The van der Waals surface area contributed by atoms with Crippen molar-refractivity contribution >= 4 is 0 Å². The molecule has 1 aromatic carbocycles. The van der Waals surface area contributed by atoms with E-state index < -0.39 is 6.10 Å². The minimum atomic E-state index is -0.663. The summed E-state index contributed by atoms with van der Waals surface area (Å²) in [5.41, 5.74) is 1.57. The Balaban J connectivity index is 2.30. The van der Waals surface area contributed by atoms with Gasteiger partial charge in [0.05, 0.1) is 7.11 Å². The third-order valence-corrected chi connectivity index (χ3v) is 2.41. The van der Waals surface area contributed by atoms with E-state index in [0.29, 0.717) is 0 Å². The molecule has 0 saturated heterocycles. The molecule has 16 heavy (non-hydrogen) atoms. The van der Waals surface area contributed by atoms with Crippen molar-refractivity contribution in [3.63, 3.8) is 0 Å². The van der Waals surface area contributed by atoms with Crippen molar-refractivity contribution in [1.82, 2.24) is 4.98 Å². The van der Waals surface area contributed by atoms with Crippen molar-refractivity contribution in [3.05, 3.63) is 59.9 Å². The van der Waals surface area contributed by atoms with Gasteiger partial charge in [-0.05, 0) is 23.8 Å². The lowest BCUT2D eigenvalue weighted by Gasteiger charge is -2.11. The van der Waals surface area contributed by atoms with Crippen molar-refractivity contribution in [3.8, 4) is 5.75 Å². The van der Waals surface area contributed by atoms with Crippen molar-refractivity contribution in [2.75, 3.05) is 7.11 Å². The fraction of sp³-hybridized carbons (Fsp3) is 0.154. The molecule has 1 aromatic heterocycles. The molecule has 1 N–H and O–H groups in total. The lowest BCUT2D eigenvalue weighted by Crippen LogP contribution is -2.00. The molecule has 1 unspecified atom stereocenters. The Labute approximate surface area is 94.3 Å². The normalized spacial score (nSPS) is 12.1. The zero-order valence-corrected chi connectivity index (χ0v) is 9.00. The minimum absolute atomic E-state index is 0.663. The summed E-state index contributed by atoms with van der Waals surface area (Å²) in [6.45, 7) is 0. The molecule has 0 amide bonds. The van der Waals surface area contributed by atoms with E-state index in [9.17, 15) is 5.11 Å². The van der Waals surface area contributed by atoms with Gasteiger partial charge in [-0.3, -0.25) is 4.98 Å². The van der Waals surface area contributed by atoms with Gasteiger partial charge in [-0.2, -0.15) is 0 Å². The number of hydrogen-bond acceptors (Lipinski definition) is 3. The maximum atomic E-state index is 10.1. The number of ether oxygens (including phenoxy) is 1. The smallest absolute Gasteiger partial charge is 0.119 e. The van der Waals surface area contributed by atoms with E-state index in [1.54, 1.807) is 25.6 Å². The first kappa shape index (κ1) is 10.6. The molecule has 0 radical (unpaired) electrons. The van der Waals surface area contributed by atoms with Crippen LogP contribution in [-0.2, 0) is 0 Å². The Morgan fingerprint density at radius 2 is 2.00 bits per heavy atom. The van der Waals surface area contributed by atoms with Gasteiger partial charge in [0, 0.05) is 18.0 Å². The first-order valence-electron chi connectivity index (χ1n) is 5.03. The maximum Gasteiger partial charge on any atom is 0.119 e. The number of benzene rings is 1. The summed E-state index contributed by atoms with van der Waals surface area (Å²) in [7, 11) is 1.61. The number of methoxy groups -OCH3 is 1. The van der Waals surface area contributed by atoms with Crippen molar-refractivity contribution in [2.24, 2.45) is 0 Å². The van der Waals surface area contributed by atoms with E-state index in [-0.39, 0.29) is 0 Å². The Hall–Kier alpha value is -1.87. The SMILES string of the molecule is COc1cccc(C(O)c2cccnc2)c1. The topological polar surface area (TPSA) is 42.4 Å². The Kier molecular flexibility index (Phi) is 3.17. The average molecular weight is 215 g/mol.